The molecule has 12 heteroatoms. The van der Waals surface area contributed by atoms with Crippen LogP contribution < -0.4 is 10.6 Å². The standard InChI is InChI=1S/C32H44F2N4O5S/c1-5-6-12-37-19-22(17-29(37)39)31(41)36-27(16-21-14-24(33)18-25(34)15-21)30(40)28-20-38(13-11-35-28)44(42,43)26-9-7-23(8-10-26)32(2,3)4/h7-10,14-15,18,22,27-28,30,35,40H,5-6,11-13,16-17,19-20H2,1-4H3,(H,36,41)/t22?,27?,28-,30+/m1/s1. The molecule has 242 valence electrons. The van der Waals surface area contributed by atoms with Crippen molar-refractivity contribution in [2.24, 2.45) is 5.92 Å². The van der Waals surface area contributed by atoms with Gasteiger partial charge in [-0.2, -0.15) is 4.31 Å². The molecule has 3 N–H and O–H groups in total. The lowest BCUT2D eigenvalue weighted by Crippen LogP contribution is -2.62. The maximum atomic E-state index is 14.0. The number of carbonyl (C=O) groups excluding carboxylic acids is 2. The zero-order valence-corrected chi connectivity index (χ0v) is 26.7. The van der Waals surface area contributed by atoms with Crippen LogP contribution in [-0.2, 0) is 31.4 Å². The summed E-state index contributed by atoms with van der Waals surface area (Å²) in [6, 6.07) is 7.94. The van der Waals surface area contributed by atoms with Gasteiger partial charge >= 0.3 is 0 Å². The molecule has 4 atom stereocenters. The Morgan fingerprint density at radius 2 is 1.77 bits per heavy atom. The van der Waals surface area contributed by atoms with Crippen LogP contribution in [0.1, 0.15) is 58.1 Å². The van der Waals surface area contributed by atoms with Crippen molar-refractivity contribution in [1.29, 1.82) is 0 Å². The number of unbranched alkanes of at least 4 members (excludes halogenated alkanes) is 1. The number of piperazine rings is 1. The largest absolute Gasteiger partial charge is 0.389 e. The Balaban J connectivity index is 1.53. The molecule has 2 saturated heterocycles. The SMILES string of the molecule is CCCCN1CC(C(=O)NC(Cc2cc(F)cc(F)c2)[C@H](O)[C@H]2CN(S(=O)(=O)c3ccc(C(C)(C)C)cc3)CCN2)CC1=O. The lowest BCUT2D eigenvalue weighted by Gasteiger charge is -2.38. The van der Waals surface area contributed by atoms with E-state index in [1.54, 1.807) is 29.2 Å². The topological polar surface area (TPSA) is 119 Å². The second kappa shape index (κ2) is 14.0. The summed E-state index contributed by atoms with van der Waals surface area (Å²) < 4.78 is 56.5. The third-order valence-corrected chi connectivity index (χ3v) is 10.3. The number of hydrogen-bond acceptors (Lipinski definition) is 6. The van der Waals surface area contributed by atoms with Crippen molar-refractivity contribution >= 4 is 21.8 Å². The van der Waals surface area contributed by atoms with Gasteiger partial charge in [0.15, 0.2) is 0 Å². The van der Waals surface area contributed by atoms with Crippen molar-refractivity contribution in [1.82, 2.24) is 19.8 Å². The Morgan fingerprint density at radius 1 is 1.11 bits per heavy atom. The summed E-state index contributed by atoms with van der Waals surface area (Å²) in [5, 5.41) is 17.5. The molecule has 2 amide bonds. The molecular weight excluding hydrogens is 590 g/mol. The maximum absolute atomic E-state index is 14.0. The van der Waals surface area contributed by atoms with Gasteiger partial charge < -0.3 is 20.6 Å². The van der Waals surface area contributed by atoms with Gasteiger partial charge in [0.2, 0.25) is 21.8 Å². The van der Waals surface area contributed by atoms with Crippen molar-refractivity contribution in [2.75, 3.05) is 32.7 Å². The molecule has 2 aromatic carbocycles. The minimum absolute atomic E-state index is 0.0364. The molecule has 0 aliphatic carbocycles. The molecular formula is C32H44F2N4O5S. The van der Waals surface area contributed by atoms with Gasteiger partial charge in [-0.3, -0.25) is 9.59 Å². The number of rotatable bonds is 11. The predicted octanol–water partition coefficient (Wildman–Crippen LogP) is 2.96. The third-order valence-electron chi connectivity index (χ3n) is 8.42. The van der Waals surface area contributed by atoms with E-state index >= 15 is 0 Å². The van der Waals surface area contributed by atoms with E-state index in [0.717, 1.165) is 36.6 Å². The molecule has 9 nitrogen and oxygen atoms in total. The van der Waals surface area contributed by atoms with Crippen LogP contribution in [0.4, 0.5) is 8.78 Å². The molecule has 0 saturated carbocycles. The summed E-state index contributed by atoms with van der Waals surface area (Å²) in [5.41, 5.74) is 1.07. The van der Waals surface area contributed by atoms with Crippen molar-refractivity contribution in [3.05, 3.63) is 65.2 Å². The van der Waals surface area contributed by atoms with Gasteiger partial charge in [0.25, 0.3) is 0 Å². The van der Waals surface area contributed by atoms with E-state index < -0.39 is 51.7 Å². The van der Waals surface area contributed by atoms with E-state index in [9.17, 15) is 31.9 Å². The maximum Gasteiger partial charge on any atom is 0.243 e. The molecule has 2 unspecified atom stereocenters. The first-order valence-electron chi connectivity index (χ1n) is 15.2. The number of hydrogen-bond donors (Lipinski definition) is 3. The normalized spacial score (nSPS) is 21.3. The summed E-state index contributed by atoms with van der Waals surface area (Å²) >= 11 is 0. The fraction of sp³-hybridized carbons (Fsp3) is 0.562. The van der Waals surface area contributed by atoms with Crippen molar-refractivity contribution < 1.29 is 31.9 Å². The monoisotopic (exact) mass is 634 g/mol. The Kier molecular flexibility index (Phi) is 10.8. The van der Waals surface area contributed by atoms with E-state index in [2.05, 4.69) is 10.6 Å². The minimum Gasteiger partial charge on any atom is -0.389 e. The van der Waals surface area contributed by atoms with Gasteiger partial charge in [-0.15, -0.1) is 0 Å². The smallest absolute Gasteiger partial charge is 0.243 e. The zero-order valence-electron chi connectivity index (χ0n) is 25.9. The van der Waals surface area contributed by atoms with Crippen LogP contribution in [0.2, 0.25) is 0 Å². The number of halogens is 2. The number of sulfonamides is 1. The third kappa shape index (κ3) is 8.21. The highest BCUT2D eigenvalue weighted by Crippen LogP contribution is 2.26. The van der Waals surface area contributed by atoms with Gasteiger partial charge in [-0.25, -0.2) is 17.2 Å². The summed E-state index contributed by atoms with van der Waals surface area (Å²) in [5.74, 6) is -2.78. The fourth-order valence-electron chi connectivity index (χ4n) is 5.81. The van der Waals surface area contributed by atoms with Crippen LogP contribution >= 0.6 is 0 Å². The molecule has 2 aliphatic heterocycles. The molecule has 2 aromatic rings. The molecule has 0 bridgehead atoms. The van der Waals surface area contributed by atoms with Crippen LogP contribution in [0.25, 0.3) is 0 Å². The van der Waals surface area contributed by atoms with Crippen molar-refractivity contribution in [2.45, 2.75) is 81.9 Å². The number of aliphatic hydroxyl groups is 1. The van der Waals surface area contributed by atoms with E-state index in [-0.39, 0.29) is 60.8 Å². The first kappa shape index (κ1) is 34.0. The fourth-order valence-corrected chi connectivity index (χ4v) is 7.27. The molecule has 44 heavy (non-hydrogen) atoms. The Hall–Kier alpha value is -2.93. The number of nitrogens with zero attached hydrogens (tertiary/aromatic N) is 2. The molecule has 0 aromatic heterocycles. The van der Waals surface area contributed by atoms with E-state index in [4.69, 9.17) is 0 Å². The molecule has 0 spiro atoms. The zero-order chi connectivity index (χ0) is 32.2. The summed E-state index contributed by atoms with van der Waals surface area (Å²) in [6.07, 6.45) is 0.331. The predicted molar refractivity (Wildman–Crippen MR) is 163 cm³/mol. The minimum atomic E-state index is -3.89. The number of carbonyl (C=O) groups is 2. The number of nitrogens with one attached hydrogen (secondary N) is 2. The highest BCUT2D eigenvalue weighted by Gasteiger charge is 2.39. The van der Waals surface area contributed by atoms with Crippen LogP contribution in [0.5, 0.6) is 0 Å². The van der Waals surface area contributed by atoms with Gasteiger partial charge in [0.05, 0.1) is 23.0 Å². The molecule has 4 rings (SSSR count). The lowest BCUT2D eigenvalue weighted by atomic mass is 9.87. The van der Waals surface area contributed by atoms with E-state index in [1.165, 1.54) is 4.31 Å². The average Bonchev–Trinajstić information content (AvgIpc) is 3.34. The molecule has 2 aliphatic rings. The van der Waals surface area contributed by atoms with Crippen molar-refractivity contribution in [3.8, 4) is 0 Å². The summed E-state index contributed by atoms with van der Waals surface area (Å²) in [6.45, 7) is 9.29. The second-order valence-electron chi connectivity index (χ2n) is 12.9. The number of benzene rings is 2. The molecule has 2 fully saturated rings. The lowest BCUT2D eigenvalue weighted by molar-refractivity contribution is -0.129. The molecule has 0 radical (unpaired) electrons. The highest BCUT2D eigenvalue weighted by molar-refractivity contribution is 7.89. The average molecular weight is 635 g/mol. The van der Waals surface area contributed by atoms with Crippen LogP contribution in [-0.4, -0.2) is 85.5 Å². The highest BCUT2D eigenvalue weighted by atomic mass is 32.2. The molecule has 2 heterocycles. The van der Waals surface area contributed by atoms with E-state index in [1.807, 2.05) is 27.7 Å². The number of aliphatic hydroxyl groups excluding tert-OH is 1. The summed E-state index contributed by atoms with van der Waals surface area (Å²) in [7, 11) is -3.89. The quantitative estimate of drug-likeness (QED) is 0.350. The Morgan fingerprint density at radius 3 is 2.39 bits per heavy atom. The van der Waals surface area contributed by atoms with Gasteiger partial charge in [-0.05, 0) is 53.6 Å². The number of amides is 2. The van der Waals surface area contributed by atoms with E-state index in [0.29, 0.717) is 6.54 Å². The van der Waals surface area contributed by atoms with Crippen molar-refractivity contribution in [3.63, 3.8) is 0 Å². The first-order valence-corrected chi connectivity index (χ1v) is 16.7. The van der Waals surface area contributed by atoms with Gasteiger partial charge in [0.1, 0.15) is 11.6 Å². The first-order chi connectivity index (χ1) is 20.7. The van der Waals surface area contributed by atoms with Crippen LogP contribution in [0.3, 0.4) is 0 Å². The van der Waals surface area contributed by atoms with Crippen LogP contribution in [0.15, 0.2) is 47.4 Å². The summed E-state index contributed by atoms with van der Waals surface area (Å²) in [4.78, 5) is 27.6. The van der Waals surface area contributed by atoms with Gasteiger partial charge in [0, 0.05) is 51.3 Å². The Bertz CT molecular complexity index is 1410. The number of likely N-dealkylation sites (tertiary alicyclic amines) is 1. The second-order valence-corrected chi connectivity index (χ2v) is 14.8. The Labute approximate surface area is 259 Å². The van der Waals surface area contributed by atoms with Gasteiger partial charge in [-0.1, -0.05) is 46.2 Å². The van der Waals surface area contributed by atoms with Crippen LogP contribution in [0, 0.1) is 17.6 Å².